The fourth-order valence-electron chi connectivity index (χ4n) is 1.57. The average molecular weight is 277 g/mol. The molecule has 0 aliphatic rings. The van der Waals surface area contributed by atoms with Gasteiger partial charge in [-0.2, -0.15) is 0 Å². The van der Waals surface area contributed by atoms with E-state index in [0.717, 1.165) is 11.7 Å². The molecular weight excluding hydrogens is 262 g/mol. The molecule has 0 amide bonds. The standard InChI is InChI=1S/C13H15N3S2/c1-10(11-5-3-2-4-6-11)9-15-12(17)16-13-14-7-8-18-13/h2-8,10H,9H2,1H3,(H2,14,15,16,17)/t10-/m1/s1. The van der Waals surface area contributed by atoms with Crippen molar-refractivity contribution in [3.63, 3.8) is 0 Å². The predicted molar refractivity (Wildman–Crippen MR) is 81.2 cm³/mol. The summed E-state index contributed by atoms with van der Waals surface area (Å²) >= 11 is 6.75. The Morgan fingerprint density at radius 3 is 2.83 bits per heavy atom. The minimum Gasteiger partial charge on any atom is -0.362 e. The Morgan fingerprint density at radius 2 is 2.17 bits per heavy atom. The van der Waals surface area contributed by atoms with Crippen LogP contribution >= 0.6 is 23.6 Å². The number of hydrogen-bond donors (Lipinski definition) is 2. The van der Waals surface area contributed by atoms with Gasteiger partial charge in [0.25, 0.3) is 0 Å². The highest BCUT2D eigenvalue weighted by Crippen LogP contribution is 2.13. The van der Waals surface area contributed by atoms with Crippen molar-refractivity contribution in [2.75, 3.05) is 11.9 Å². The first-order valence-electron chi connectivity index (χ1n) is 5.75. The fraction of sp³-hybridized carbons (Fsp3) is 0.231. The molecule has 3 nitrogen and oxygen atoms in total. The van der Waals surface area contributed by atoms with E-state index in [1.165, 1.54) is 16.9 Å². The van der Waals surface area contributed by atoms with Crippen molar-refractivity contribution in [1.29, 1.82) is 0 Å². The molecule has 18 heavy (non-hydrogen) atoms. The fourth-order valence-corrected chi connectivity index (χ4v) is 2.35. The van der Waals surface area contributed by atoms with Gasteiger partial charge in [-0.15, -0.1) is 11.3 Å². The van der Waals surface area contributed by atoms with Crippen LogP contribution in [0.5, 0.6) is 0 Å². The largest absolute Gasteiger partial charge is 0.362 e. The van der Waals surface area contributed by atoms with Crippen LogP contribution in [-0.2, 0) is 0 Å². The molecule has 1 heterocycles. The third-order valence-corrected chi connectivity index (χ3v) is 3.53. The molecule has 1 atom stereocenters. The van der Waals surface area contributed by atoms with Crippen molar-refractivity contribution in [2.24, 2.45) is 0 Å². The summed E-state index contributed by atoms with van der Waals surface area (Å²) in [5, 5.41) is 9.61. The molecule has 0 saturated heterocycles. The van der Waals surface area contributed by atoms with Gasteiger partial charge in [0.2, 0.25) is 0 Å². The second-order valence-corrected chi connectivity index (χ2v) is 5.29. The number of thiazole rings is 1. The summed E-state index contributed by atoms with van der Waals surface area (Å²) in [6.07, 6.45) is 1.75. The molecule has 5 heteroatoms. The quantitative estimate of drug-likeness (QED) is 0.841. The second-order valence-electron chi connectivity index (χ2n) is 3.98. The van der Waals surface area contributed by atoms with Gasteiger partial charge < -0.3 is 10.6 Å². The molecule has 0 fully saturated rings. The highest BCUT2D eigenvalue weighted by atomic mass is 32.1. The van der Waals surface area contributed by atoms with Crippen molar-refractivity contribution in [3.8, 4) is 0 Å². The Bertz CT molecular complexity index is 482. The second kappa shape index (κ2) is 6.47. The summed E-state index contributed by atoms with van der Waals surface area (Å²) < 4.78 is 0. The smallest absolute Gasteiger partial charge is 0.188 e. The van der Waals surface area contributed by atoms with Gasteiger partial charge in [0, 0.05) is 18.1 Å². The third kappa shape index (κ3) is 3.78. The van der Waals surface area contributed by atoms with Gasteiger partial charge in [-0.25, -0.2) is 4.98 Å². The number of rotatable bonds is 4. The van der Waals surface area contributed by atoms with Gasteiger partial charge in [-0.3, -0.25) is 0 Å². The molecule has 2 N–H and O–H groups in total. The Kier molecular flexibility index (Phi) is 4.66. The molecule has 1 aromatic carbocycles. The van der Waals surface area contributed by atoms with Crippen molar-refractivity contribution >= 4 is 33.8 Å². The number of thiocarbonyl (C=S) groups is 1. The lowest BCUT2D eigenvalue weighted by atomic mass is 10.0. The van der Waals surface area contributed by atoms with Gasteiger partial charge >= 0.3 is 0 Å². The summed E-state index contributed by atoms with van der Waals surface area (Å²) in [5.41, 5.74) is 1.31. The Morgan fingerprint density at radius 1 is 1.39 bits per heavy atom. The maximum Gasteiger partial charge on any atom is 0.188 e. The van der Waals surface area contributed by atoms with Gasteiger partial charge in [0.05, 0.1) is 0 Å². The van der Waals surface area contributed by atoms with Gasteiger partial charge in [-0.05, 0) is 23.7 Å². The minimum absolute atomic E-state index is 0.419. The lowest BCUT2D eigenvalue weighted by molar-refractivity contribution is 0.723. The normalized spacial score (nSPS) is 11.8. The molecular formula is C13H15N3S2. The molecule has 0 aliphatic carbocycles. The van der Waals surface area contributed by atoms with Gasteiger partial charge in [-0.1, -0.05) is 37.3 Å². The predicted octanol–water partition coefficient (Wildman–Crippen LogP) is 3.23. The number of nitrogens with zero attached hydrogens (tertiary/aromatic N) is 1. The van der Waals surface area contributed by atoms with Crippen molar-refractivity contribution in [3.05, 3.63) is 47.5 Å². The summed E-state index contributed by atoms with van der Waals surface area (Å²) in [6.45, 7) is 2.98. The van der Waals surface area contributed by atoms with Crippen molar-refractivity contribution in [2.45, 2.75) is 12.8 Å². The first kappa shape index (κ1) is 13.0. The average Bonchev–Trinajstić information content (AvgIpc) is 2.90. The molecule has 0 unspecified atom stereocenters. The van der Waals surface area contributed by atoms with Crippen LogP contribution in [0.25, 0.3) is 0 Å². The lowest BCUT2D eigenvalue weighted by Crippen LogP contribution is -2.31. The van der Waals surface area contributed by atoms with E-state index in [1.54, 1.807) is 6.20 Å². The zero-order valence-corrected chi connectivity index (χ0v) is 11.7. The summed E-state index contributed by atoms with van der Waals surface area (Å²) in [7, 11) is 0. The zero-order chi connectivity index (χ0) is 12.8. The monoisotopic (exact) mass is 277 g/mol. The van der Waals surface area contributed by atoms with Gasteiger partial charge in [0.1, 0.15) is 0 Å². The van der Waals surface area contributed by atoms with Gasteiger partial charge in [0.15, 0.2) is 10.2 Å². The van der Waals surface area contributed by atoms with E-state index in [2.05, 4.69) is 46.8 Å². The van der Waals surface area contributed by atoms with E-state index >= 15 is 0 Å². The van der Waals surface area contributed by atoms with Crippen LogP contribution in [0.2, 0.25) is 0 Å². The minimum atomic E-state index is 0.419. The molecule has 94 valence electrons. The highest BCUT2D eigenvalue weighted by Gasteiger charge is 2.06. The van der Waals surface area contributed by atoms with Crippen LogP contribution in [0, 0.1) is 0 Å². The molecule has 0 radical (unpaired) electrons. The number of aromatic nitrogens is 1. The van der Waals surface area contributed by atoms with E-state index in [1.807, 2.05) is 11.4 Å². The topological polar surface area (TPSA) is 37.0 Å². The first-order chi connectivity index (χ1) is 8.75. The Balaban J connectivity index is 1.79. The highest BCUT2D eigenvalue weighted by molar-refractivity contribution is 7.80. The van der Waals surface area contributed by atoms with Crippen molar-refractivity contribution in [1.82, 2.24) is 10.3 Å². The van der Waals surface area contributed by atoms with E-state index in [4.69, 9.17) is 12.2 Å². The summed E-state index contributed by atoms with van der Waals surface area (Å²) in [6, 6.07) is 10.4. The number of benzene rings is 1. The molecule has 0 aliphatic heterocycles. The number of hydrogen-bond acceptors (Lipinski definition) is 3. The maximum atomic E-state index is 5.21. The number of nitrogens with one attached hydrogen (secondary N) is 2. The van der Waals surface area contributed by atoms with E-state index in [0.29, 0.717) is 11.0 Å². The molecule has 0 bridgehead atoms. The van der Waals surface area contributed by atoms with Crippen LogP contribution in [0.4, 0.5) is 5.13 Å². The lowest BCUT2D eigenvalue weighted by Gasteiger charge is -2.14. The van der Waals surface area contributed by atoms with Crippen LogP contribution in [0.3, 0.4) is 0 Å². The first-order valence-corrected chi connectivity index (χ1v) is 7.04. The third-order valence-electron chi connectivity index (χ3n) is 2.59. The maximum absolute atomic E-state index is 5.21. The SMILES string of the molecule is C[C@H](CNC(=S)Nc1nccs1)c1ccccc1. The van der Waals surface area contributed by atoms with Crippen LogP contribution in [0.1, 0.15) is 18.4 Å². The number of anilines is 1. The van der Waals surface area contributed by atoms with Crippen LogP contribution in [0.15, 0.2) is 41.9 Å². The molecule has 2 rings (SSSR count). The van der Waals surface area contributed by atoms with Crippen LogP contribution in [-0.4, -0.2) is 16.6 Å². The summed E-state index contributed by atoms with van der Waals surface area (Å²) in [5.74, 6) is 0.419. The molecule has 0 saturated carbocycles. The van der Waals surface area contributed by atoms with Crippen molar-refractivity contribution < 1.29 is 0 Å². The Labute approximate surface area is 116 Å². The molecule has 0 spiro atoms. The van der Waals surface area contributed by atoms with E-state index in [-0.39, 0.29) is 0 Å². The summed E-state index contributed by atoms with van der Waals surface area (Å²) in [4.78, 5) is 4.12. The van der Waals surface area contributed by atoms with Crippen LogP contribution < -0.4 is 10.6 Å². The zero-order valence-electron chi connectivity index (χ0n) is 10.1. The van der Waals surface area contributed by atoms with E-state index < -0.39 is 0 Å². The molecule has 2 aromatic rings. The van der Waals surface area contributed by atoms with E-state index in [9.17, 15) is 0 Å². The Hall–Kier alpha value is -1.46. The molecule has 1 aromatic heterocycles.